The maximum Gasteiger partial charge on any atom is 0.312 e. The molecule has 0 aromatic carbocycles. The topological polar surface area (TPSA) is 96.4 Å². The molecule has 0 aromatic rings. The number of aliphatic hydroxyl groups is 1. The number of hydrogen-bond donors (Lipinski definition) is 1. The van der Waals surface area contributed by atoms with Crippen LogP contribution >= 0.6 is 0 Å². The van der Waals surface area contributed by atoms with Crippen LogP contribution in [0.15, 0.2) is 25.3 Å². The maximum atomic E-state index is 13.9. The molecule has 3 saturated heterocycles. The Morgan fingerprint density at radius 3 is 2.64 bits per heavy atom. The predicted octanol–water partition coefficient (Wildman–Crippen LogP) is 2.07. The first-order valence-corrected chi connectivity index (χ1v) is 12.0. The average molecular weight is 463 g/mol. The van der Waals surface area contributed by atoms with E-state index < -0.39 is 35.0 Å². The van der Waals surface area contributed by atoms with E-state index in [9.17, 15) is 19.5 Å². The van der Waals surface area contributed by atoms with Crippen LogP contribution in [0.3, 0.4) is 0 Å². The molecule has 0 aromatic heterocycles. The summed E-state index contributed by atoms with van der Waals surface area (Å²) in [4.78, 5) is 44.2. The van der Waals surface area contributed by atoms with E-state index in [1.54, 1.807) is 17.1 Å². The Balaban J connectivity index is 2.05. The zero-order chi connectivity index (χ0) is 24.4. The third-order valence-electron chi connectivity index (χ3n) is 7.52. The van der Waals surface area contributed by atoms with E-state index in [1.807, 2.05) is 20.8 Å². The fraction of sp³-hybridized carbons (Fsp3) is 0.720. The fourth-order valence-electron chi connectivity index (χ4n) is 6.02. The van der Waals surface area contributed by atoms with Crippen molar-refractivity contribution in [2.75, 3.05) is 26.3 Å². The van der Waals surface area contributed by atoms with Crippen LogP contribution in [0, 0.1) is 11.8 Å². The van der Waals surface area contributed by atoms with Gasteiger partial charge in [-0.05, 0) is 46.0 Å². The van der Waals surface area contributed by atoms with Crippen molar-refractivity contribution in [3.63, 3.8) is 0 Å². The SMILES string of the molecule is C=CCCOC(=O)[C@H]1[C@H]2C(=O)N(CCCO)C(C(=O)N(CC=C)C(C)C)C23CC[C@]1(CC)O3. The smallest absolute Gasteiger partial charge is 0.312 e. The molecule has 3 fully saturated rings. The summed E-state index contributed by atoms with van der Waals surface area (Å²) in [5.41, 5.74) is -1.88. The fourth-order valence-corrected chi connectivity index (χ4v) is 6.02. The first kappa shape index (κ1) is 25.4. The number of carbonyl (C=O) groups is 3. The Kier molecular flexibility index (Phi) is 7.69. The van der Waals surface area contributed by atoms with Crippen LogP contribution in [0.25, 0.3) is 0 Å². The van der Waals surface area contributed by atoms with Crippen molar-refractivity contribution in [1.29, 1.82) is 0 Å². The molecule has 3 rings (SSSR count). The van der Waals surface area contributed by atoms with Crippen LogP contribution in [0.1, 0.15) is 52.9 Å². The molecule has 1 spiro atoms. The Hall–Kier alpha value is -2.19. The van der Waals surface area contributed by atoms with Crippen LogP contribution in [0.5, 0.6) is 0 Å². The van der Waals surface area contributed by atoms with Crippen LogP contribution in [0.2, 0.25) is 0 Å². The summed E-state index contributed by atoms with van der Waals surface area (Å²) in [6.07, 6.45) is 5.88. The number of amides is 2. The molecule has 8 heteroatoms. The van der Waals surface area contributed by atoms with E-state index in [-0.39, 0.29) is 37.6 Å². The summed E-state index contributed by atoms with van der Waals surface area (Å²) in [5, 5.41) is 9.43. The Morgan fingerprint density at radius 1 is 1.33 bits per heavy atom. The molecule has 0 radical (unpaired) electrons. The summed E-state index contributed by atoms with van der Waals surface area (Å²) in [7, 11) is 0. The molecule has 0 saturated carbocycles. The monoisotopic (exact) mass is 462 g/mol. The number of nitrogens with zero attached hydrogens (tertiary/aromatic N) is 2. The van der Waals surface area contributed by atoms with Gasteiger partial charge in [0, 0.05) is 25.7 Å². The van der Waals surface area contributed by atoms with Gasteiger partial charge in [0.05, 0.1) is 18.1 Å². The zero-order valence-electron chi connectivity index (χ0n) is 20.1. The van der Waals surface area contributed by atoms with Crippen LogP contribution in [0.4, 0.5) is 0 Å². The molecular weight excluding hydrogens is 424 g/mol. The molecule has 3 aliphatic rings. The van der Waals surface area contributed by atoms with Gasteiger partial charge in [-0.3, -0.25) is 14.4 Å². The van der Waals surface area contributed by atoms with Crippen molar-refractivity contribution in [3.05, 3.63) is 25.3 Å². The lowest BCUT2D eigenvalue weighted by molar-refractivity contribution is -0.162. The quantitative estimate of drug-likeness (QED) is 0.271. The number of likely N-dealkylation sites (tertiary alicyclic amines) is 1. The number of ether oxygens (including phenoxy) is 2. The third kappa shape index (κ3) is 4.01. The average Bonchev–Trinajstić information content (AvgIpc) is 3.39. The molecule has 2 unspecified atom stereocenters. The van der Waals surface area contributed by atoms with E-state index in [2.05, 4.69) is 13.2 Å². The van der Waals surface area contributed by atoms with E-state index in [0.29, 0.717) is 38.6 Å². The summed E-state index contributed by atoms with van der Waals surface area (Å²) in [6, 6.07) is -0.942. The number of aliphatic hydroxyl groups excluding tert-OH is 1. The number of carbonyl (C=O) groups excluding carboxylic acids is 3. The summed E-state index contributed by atoms with van der Waals surface area (Å²) in [6.45, 7) is 13.9. The molecule has 1 N–H and O–H groups in total. The largest absolute Gasteiger partial charge is 0.465 e. The molecule has 5 atom stereocenters. The lowest BCUT2D eigenvalue weighted by Gasteiger charge is -2.38. The molecule has 3 aliphatic heterocycles. The number of rotatable bonds is 12. The lowest BCUT2D eigenvalue weighted by Crippen LogP contribution is -2.57. The van der Waals surface area contributed by atoms with Crippen molar-refractivity contribution < 1.29 is 29.0 Å². The van der Waals surface area contributed by atoms with Crippen molar-refractivity contribution in [3.8, 4) is 0 Å². The van der Waals surface area contributed by atoms with E-state index in [4.69, 9.17) is 9.47 Å². The first-order chi connectivity index (χ1) is 15.7. The normalized spacial score (nSPS) is 32.2. The predicted molar refractivity (Wildman–Crippen MR) is 123 cm³/mol. The van der Waals surface area contributed by atoms with Gasteiger partial charge < -0.3 is 24.4 Å². The van der Waals surface area contributed by atoms with E-state index in [0.717, 1.165) is 0 Å². The van der Waals surface area contributed by atoms with Crippen molar-refractivity contribution in [2.45, 2.75) is 76.2 Å². The van der Waals surface area contributed by atoms with Crippen LogP contribution in [-0.2, 0) is 23.9 Å². The summed E-state index contributed by atoms with van der Waals surface area (Å²) >= 11 is 0. The zero-order valence-corrected chi connectivity index (χ0v) is 20.1. The van der Waals surface area contributed by atoms with Gasteiger partial charge >= 0.3 is 5.97 Å². The molecule has 184 valence electrons. The second-order valence-electron chi connectivity index (χ2n) is 9.56. The highest BCUT2D eigenvalue weighted by Crippen LogP contribution is 2.64. The minimum atomic E-state index is -1.07. The minimum absolute atomic E-state index is 0.0980. The molecule has 2 bridgehead atoms. The Bertz CT molecular complexity index is 798. The van der Waals surface area contributed by atoms with Crippen LogP contribution in [-0.4, -0.2) is 82.3 Å². The molecule has 8 nitrogen and oxygen atoms in total. The first-order valence-electron chi connectivity index (χ1n) is 12.0. The van der Waals surface area contributed by atoms with Crippen molar-refractivity contribution >= 4 is 17.8 Å². The van der Waals surface area contributed by atoms with Gasteiger partial charge in [-0.2, -0.15) is 0 Å². The molecule has 33 heavy (non-hydrogen) atoms. The van der Waals surface area contributed by atoms with Gasteiger partial charge in [0.2, 0.25) is 11.8 Å². The number of fused-ring (bicyclic) bond motifs is 1. The van der Waals surface area contributed by atoms with Gasteiger partial charge in [-0.25, -0.2) is 0 Å². The van der Waals surface area contributed by atoms with Gasteiger partial charge in [-0.15, -0.1) is 13.2 Å². The van der Waals surface area contributed by atoms with Gasteiger partial charge in [0.15, 0.2) is 0 Å². The highest BCUT2D eigenvalue weighted by Gasteiger charge is 2.79. The maximum absolute atomic E-state index is 13.9. The Labute approximate surface area is 196 Å². The molecule has 3 heterocycles. The summed E-state index contributed by atoms with van der Waals surface area (Å²) in [5.74, 6) is -2.43. The number of hydrogen-bond acceptors (Lipinski definition) is 6. The van der Waals surface area contributed by atoms with Gasteiger partial charge in [-0.1, -0.05) is 19.1 Å². The third-order valence-corrected chi connectivity index (χ3v) is 7.52. The van der Waals surface area contributed by atoms with Crippen molar-refractivity contribution in [1.82, 2.24) is 9.80 Å². The van der Waals surface area contributed by atoms with Gasteiger partial charge in [0.1, 0.15) is 17.6 Å². The number of esters is 1. The standard InChI is InChI=1S/C25H38N2O6/c1-6-9-16-32-23(31)19-18-21(29)27(14-10-15-28)20(22(30)26(13-7-2)17(4)5)25(18)12-11-24(19,8-3)33-25/h6-7,17-20,28H,1-2,8-16H2,3-5H3/t18-,19+,20?,24-,25?/m0/s1. The van der Waals surface area contributed by atoms with Gasteiger partial charge in [0.25, 0.3) is 0 Å². The Morgan fingerprint density at radius 2 is 2.06 bits per heavy atom. The van der Waals surface area contributed by atoms with E-state index >= 15 is 0 Å². The summed E-state index contributed by atoms with van der Waals surface area (Å²) < 4.78 is 12.2. The van der Waals surface area contributed by atoms with E-state index in [1.165, 1.54) is 4.90 Å². The highest BCUT2D eigenvalue weighted by molar-refractivity contribution is 5.98. The minimum Gasteiger partial charge on any atom is -0.465 e. The second-order valence-corrected chi connectivity index (χ2v) is 9.56. The lowest BCUT2D eigenvalue weighted by atomic mass is 9.65. The molecular formula is C25H38N2O6. The van der Waals surface area contributed by atoms with Crippen molar-refractivity contribution in [2.24, 2.45) is 11.8 Å². The van der Waals surface area contributed by atoms with Crippen LogP contribution < -0.4 is 0 Å². The highest BCUT2D eigenvalue weighted by atomic mass is 16.6. The second kappa shape index (κ2) is 9.97. The molecule has 0 aliphatic carbocycles. The molecule has 2 amide bonds.